The predicted octanol–water partition coefficient (Wildman–Crippen LogP) is 8.42. The van der Waals surface area contributed by atoms with Crippen LogP contribution in [0, 0.1) is 17.3 Å². The van der Waals surface area contributed by atoms with Gasteiger partial charge in [0.1, 0.15) is 5.83 Å². The van der Waals surface area contributed by atoms with Crippen molar-refractivity contribution in [1.82, 2.24) is 10.2 Å². The maximum atomic E-state index is 15.1. The van der Waals surface area contributed by atoms with E-state index in [1.54, 1.807) is 23.6 Å². The van der Waals surface area contributed by atoms with Crippen LogP contribution in [0.25, 0.3) is 0 Å². The molecule has 186 valence electrons. The minimum atomic E-state index is -0.326. The lowest BCUT2D eigenvalue weighted by Gasteiger charge is -2.35. The second-order valence-electron chi connectivity index (χ2n) is 9.24. The molecule has 1 aliphatic rings. The van der Waals surface area contributed by atoms with E-state index in [9.17, 15) is 0 Å². The quantitative estimate of drug-likeness (QED) is 0.191. The highest BCUT2D eigenvalue weighted by Crippen LogP contribution is 2.41. The Balaban J connectivity index is 3.19. The summed E-state index contributed by atoms with van der Waals surface area (Å²) in [6.07, 6.45) is 19.8. The lowest BCUT2D eigenvalue weighted by Crippen LogP contribution is -2.27. The third-order valence-corrected chi connectivity index (χ3v) is 6.75. The number of rotatable bonds is 14. The summed E-state index contributed by atoms with van der Waals surface area (Å²) < 4.78 is 15.1. The molecule has 0 fully saturated rings. The van der Waals surface area contributed by atoms with Crippen molar-refractivity contribution in [3.63, 3.8) is 0 Å². The van der Waals surface area contributed by atoms with Crippen molar-refractivity contribution in [1.29, 1.82) is 0 Å². The van der Waals surface area contributed by atoms with Gasteiger partial charge in [0.15, 0.2) is 0 Å². The Kier molecular flexibility index (Phi) is 12.8. The molecule has 3 atom stereocenters. The van der Waals surface area contributed by atoms with Crippen LogP contribution in [0.3, 0.4) is 0 Å². The third-order valence-electron chi connectivity index (χ3n) is 6.60. The summed E-state index contributed by atoms with van der Waals surface area (Å²) in [5.41, 5.74) is 3.18. The summed E-state index contributed by atoms with van der Waals surface area (Å²) in [5, 5.41) is 4.97. The molecule has 0 aromatic carbocycles. The van der Waals surface area contributed by atoms with Crippen molar-refractivity contribution in [2.45, 2.75) is 47.0 Å². The lowest BCUT2D eigenvalue weighted by molar-refractivity contribution is 0.314. The molecule has 0 aromatic rings. The molecule has 0 radical (unpaired) electrons. The first-order valence-corrected chi connectivity index (χ1v) is 12.5. The molecular weight excluding hydrogens is 439 g/mol. The standard InChI is InChI=1S/C30H43FN2S/c1-9-12-14-27(32-24(5)11-3)15-13-18-30(7,19-20-34)25(6)26-16-17-29(28(31)21-26)33(8)22-23(4)10-2/h9,11-15,18-21,23,25,32,34H,1,3,5,10,16-17,22H2,2,4,6-8H3/b14-12-,18-13?,20-19-,27-15+. The second-order valence-corrected chi connectivity index (χ2v) is 9.54. The van der Waals surface area contributed by atoms with E-state index in [0.717, 1.165) is 42.8 Å². The largest absolute Gasteiger partial charge is 0.375 e. The van der Waals surface area contributed by atoms with E-state index in [4.69, 9.17) is 0 Å². The molecule has 1 aliphatic carbocycles. The molecule has 1 rings (SSSR count). The summed E-state index contributed by atoms with van der Waals surface area (Å²) in [6, 6.07) is 0. The predicted molar refractivity (Wildman–Crippen MR) is 152 cm³/mol. The Hall–Kier alpha value is -2.46. The first-order valence-electron chi connectivity index (χ1n) is 12.0. The van der Waals surface area contributed by atoms with E-state index in [0.29, 0.717) is 11.6 Å². The summed E-state index contributed by atoms with van der Waals surface area (Å²) >= 11 is 4.34. The number of hydrogen-bond acceptors (Lipinski definition) is 3. The van der Waals surface area contributed by atoms with Crippen LogP contribution in [0.5, 0.6) is 0 Å². The fourth-order valence-electron chi connectivity index (χ4n) is 3.93. The van der Waals surface area contributed by atoms with Gasteiger partial charge in [-0.25, -0.2) is 4.39 Å². The maximum absolute atomic E-state index is 15.1. The van der Waals surface area contributed by atoms with Crippen LogP contribution in [0.15, 0.2) is 108 Å². The van der Waals surface area contributed by atoms with Crippen molar-refractivity contribution in [2.75, 3.05) is 13.6 Å². The topological polar surface area (TPSA) is 15.3 Å². The lowest BCUT2D eigenvalue weighted by atomic mass is 9.72. The molecule has 2 nitrogen and oxygen atoms in total. The van der Waals surface area contributed by atoms with Crippen molar-refractivity contribution in [2.24, 2.45) is 17.3 Å². The zero-order chi connectivity index (χ0) is 25.7. The molecule has 0 spiro atoms. The highest BCUT2D eigenvalue weighted by Gasteiger charge is 2.30. The molecule has 34 heavy (non-hydrogen) atoms. The molecule has 1 N–H and O–H groups in total. The Morgan fingerprint density at radius 2 is 1.97 bits per heavy atom. The molecule has 4 heteroatoms. The van der Waals surface area contributed by atoms with E-state index in [1.165, 1.54) is 0 Å². The molecule has 0 heterocycles. The van der Waals surface area contributed by atoms with Gasteiger partial charge in [-0.15, -0.1) is 0 Å². The van der Waals surface area contributed by atoms with Crippen LogP contribution in [0.4, 0.5) is 4.39 Å². The summed E-state index contributed by atoms with van der Waals surface area (Å²) in [7, 11) is 2.00. The van der Waals surface area contributed by atoms with E-state index in [-0.39, 0.29) is 17.2 Å². The van der Waals surface area contributed by atoms with Crippen LogP contribution in [0.1, 0.15) is 47.0 Å². The second kappa shape index (κ2) is 14.7. The zero-order valence-corrected chi connectivity index (χ0v) is 22.5. The normalized spacial score (nSPS) is 18.7. The van der Waals surface area contributed by atoms with E-state index in [2.05, 4.69) is 82.4 Å². The molecule has 3 unspecified atom stereocenters. The smallest absolute Gasteiger partial charge is 0.142 e. The van der Waals surface area contributed by atoms with Crippen LogP contribution < -0.4 is 5.32 Å². The fourth-order valence-corrected chi connectivity index (χ4v) is 4.25. The Morgan fingerprint density at radius 3 is 2.53 bits per heavy atom. The van der Waals surface area contributed by atoms with Crippen LogP contribution in [-0.2, 0) is 0 Å². The molecule has 0 aromatic heterocycles. The highest BCUT2D eigenvalue weighted by molar-refractivity contribution is 7.83. The zero-order valence-electron chi connectivity index (χ0n) is 21.7. The SMILES string of the molecule is C=C/C=C\C(=C/C=CC(C)(/C=C\S)C(C)C1=CC(F)=C(N(C)CC(C)CC)CC1)NC(=C)C=C. The Morgan fingerprint density at radius 1 is 1.26 bits per heavy atom. The van der Waals surface area contributed by atoms with Gasteiger partial charge < -0.3 is 10.2 Å². The number of allylic oxidation sites excluding steroid dienone is 12. The van der Waals surface area contributed by atoms with Crippen molar-refractivity contribution < 1.29 is 4.39 Å². The maximum Gasteiger partial charge on any atom is 0.142 e. The van der Waals surface area contributed by atoms with Gasteiger partial charge >= 0.3 is 0 Å². The Labute approximate surface area is 213 Å². The van der Waals surface area contributed by atoms with Gasteiger partial charge in [-0.05, 0) is 54.4 Å². The van der Waals surface area contributed by atoms with Crippen LogP contribution in [0.2, 0.25) is 0 Å². The van der Waals surface area contributed by atoms with Gasteiger partial charge in [0.2, 0.25) is 0 Å². The number of nitrogens with zero attached hydrogens (tertiary/aromatic N) is 1. The number of thiol groups is 1. The summed E-state index contributed by atoms with van der Waals surface area (Å²) in [4.78, 5) is 2.08. The third kappa shape index (κ3) is 9.06. The molecule has 0 bridgehead atoms. The number of nitrogens with one attached hydrogen (secondary N) is 1. The molecule has 0 saturated heterocycles. The van der Waals surface area contributed by atoms with Crippen LogP contribution in [-0.4, -0.2) is 18.5 Å². The first kappa shape index (κ1) is 29.6. The van der Waals surface area contributed by atoms with Gasteiger partial charge in [0.05, 0.1) is 0 Å². The van der Waals surface area contributed by atoms with Crippen molar-refractivity contribution >= 4 is 12.6 Å². The number of hydrogen-bond donors (Lipinski definition) is 2. The average Bonchev–Trinajstić information content (AvgIpc) is 2.81. The van der Waals surface area contributed by atoms with Crippen molar-refractivity contribution in [3.8, 4) is 0 Å². The van der Waals surface area contributed by atoms with Crippen LogP contribution >= 0.6 is 12.6 Å². The summed E-state index contributed by atoms with van der Waals surface area (Å²) in [6.45, 7) is 21.0. The molecular formula is C30H43FN2S. The molecule has 0 saturated carbocycles. The van der Waals surface area contributed by atoms with Gasteiger partial charge in [-0.1, -0.05) is 89.8 Å². The highest BCUT2D eigenvalue weighted by atomic mass is 32.1. The monoisotopic (exact) mass is 482 g/mol. The van der Waals surface area contributed by atoms with Gasteiger partial charge in [0.25, 0.3) is 0 Å². The minimum Gasteiger partial charge on any atom is -0.375 e. The van der Waals surface area contributed by atoms with E-state index >= 15 is 4.39 Å². The van der Waals surface area contributed by atoms with Gasteiger partial charge in [-0.3, -0.25) is 0 Å². The van der Waals surface area contributed by atoms with E-state index < -0.39 is 0 Å². The number of halogens is 1. The molecule has 0 amide bonds. The average molecular weight is 483 g/mol. The minimum absolute atomic E-state index is 0.107. The van der Waals surface area contributed by atoms with Crippen molar-refractivity contribution in [3.05, 3.63) is 108 Å². The molecule has 0 aliphatic heterocycles. The van der Waals surface area contributed by atoms with Gasteiger partial charge in [-0.2, -0.15) is 12.6 Å². The summed E-state index contributed by atoms with van der Waals surface area (Å²) in [5.74, 6) is 0.543. The van der Waals surface area contributed by atoms with Gasteiger partial charge in [0, 0.05) is 36.1 Å². The Bertz CT molecular complexity index is 903. The fraction of sp³-hybridized carbons (Fsp3) is 0.400. The van der Waals surface area contributed by atoms with E-state index in [1.807, 2.05) is 31.4 Å². The first-order chi connectivity index (χ1) is 16.1.